The molecule has 0 radical (unpaired) electrons. The van der Waals surface area contributed by atoms with Gasteiger partial charge in [-0.15, -0.1) is 0 Å². The topological polar surface area (TPSA) is 68.2 Å². The summed E-state index contributed by atoms with van der Waals surface area (Å²) in [6, 6.07) is 0. The van der Waals surface area contributed by atoms with Crippen LogP contribution in [0.4, 0.5) is 0 Å². The first kappa shape index (κ1) is 11.9. The lowest BCUT2D eigenvalue weighted by molar-refractivity contribution is -0.111. The molecule has 0 aromatic rings. The Hall–Kier alpha value is -0.200. The quantitative estimate of drug-likeness (QED) is 0.559. The van der Waals surface area contributed by atoms with Crippen LogP contribution in [-0.4, -0.2) is 55.6 Å². The molecule has 1 aliphatic rings. The Kier molecular flexibility index (Phi) is 6.05. The molecule has 0 spiro atoms. The van der Waals surface area contributed by atoms with Crippen LogP contribution in [0.25, 0.3) is 0 Å². The Balaban J connectivity index is 2.19. The zero-order valence-corrected chi connectivity index (χ0v) is 8.22. The van der Waals surface area contributed by atoms with Crippen molar-refractivity contribution in [1.29, 1.82) is 0 Å². The van der Waals surface area contributed by atoms with E-state index in [9.17, 15) is 10.2 Å². The van der Waals surface area contributed by atoms with E-state index >= 15 is 0 Å². The van der Waals surface area contributed by atoms with Crippen molar-refractivity contribution in [1.82, 2.24) is 0 Å². The Morgan fingerprint density at radius 3 is 2.29 bits per heavy atom. The molecule has 84 valence electrons. The van der Waals surface area contributed by atoms with Gasteiger partial charge < -0.3 is 24.4 Å². The van der Waals surface area contributed by atoms with Crippen molar-refractivity contribution in [3.63, 3.8) is 0 Å². The van der Waals surface area contributed by atoms with Gasteiger partial charge in [0.05, 0.1) is 25.9 Å². The third kappa shape index (κ3) is 5.51. The normalized spacial score (nSPS) is 33.0. The highest BCUT2D eigenvalue weighted by molar-refractivity contribution is 4.56. The molecule has 5 nitrogen and oxygen atoms in total. The first-order valence-electron chi connectivity index (χ1n) is 4.88. The lowest BCUT2D eigenvalue weighted by Crippen LogP contribution is -2.25. The second-order valence-electron chi connectivity index (χ2n) is 3.38. The number of ether oxygens (including phenoxy) is 3. The summed E-state index contributed by atoms with van der Waals surface area (Å²) in [6.45, 7) is 1.41. The fourth-order valence-electron chi connectivity index (χ4n) is 1.20. The van der Waals surface area contributed by atoms with Crippen LogP contribution in [0.3, 0.4) is 0 Å². The fraction of sp³-hybridized carbons (Fsp3) is 1.00. The predicted octanol–water partition coefficient (Wildman–Crippen LogP) is -0.491. The Morgan fingerprint density at radius 2 is 1.50 bits per heavy atom. The maximum Gasteiger partial charge on any atom is 0.146 e. The molecule has 14 heavy (non-hydrogen) atoms. The zero-order valence-electron chi connectivity index (χ0n) is 8.22. The van der Waals surface area contributed by atoms with Crippen LogP contribution in [0.15, 0.2) is 0 Å². The predicted molar refractivity (Wildman–Crippen MR) is 48.8 cm³/mol. The van der Waals surface area contributed by atoms with E-state index in [0.29, 0.717) is 13.0 Å². The van der Waals surface area contributed by atoms with Gasteiger partial charge in [0, 0.05) is 6.61 Å². The molecule has 2 atom stereocenters. The summed E-state index contributed by atoms with van der Waals surface area (Å²) in [6.07, 6.45) is 0.378. The first-order chi connectivity index (χ1) is 6.79. The molecule has 0 saturated carbocycles. The summed E-state index contributed by atoms with van der Waals surface area (Å²) in [5, 5.41) is 18.6. The molecular weight excluding hydrogens is 188 g/mol. The van der Waals surface area contributed by atoms with Gasteiger partial charge in [0.2, 0.25) is 0 Å². The average molecular weight is 206 g/mol. The van der Waals surface area contributed by atoms with Gasteiger partial charge in [0.25, 0.3) is 0 Å². The second kappa shape index (κ2) is 7.14. The highest BCUT2D eigenvalue weighted by atomic mass is 16.7. The molecule has 2 unspecified atom stereocenters. The monoisotopic (exact) mass is 206 g/mol. The lowest BCUT2D eigenvalue weighted by Gasteiger charge is -2.16. The molecule has 0 aromatic carbocycles. The van der Waals surface area contributed by atoms with E-state index in [1.165, 1.54) is 0 Å². The van der Waals surface area contributed by atoms with Gasteiger partial charge in [-0.3, -0.25) is 0 Å². The number of rotatable bonds is 0. The molecular formula is C9H18O5. The molecule has 2 N–H and O–H groups in total. The molecule has 1 aliphatic heterocycles. The van der Waals surface area contributed by atoms with Crippen molar-refractivity contribution >= 4 is 0 Å². The smallest absolute Gasteiger partial charge is 0.146 e. The van der Waals surface area contributed by atoms with Crippen molar-refractivity contribution in [3.8, 4) is 0 Å². The summed E-state index contributed by atoms with van der Waals surface area (Å²) in [7, 11) is 0. The van der Waals surface area contributed by atoms with E-state index in [4.69, 9.17) is 14.2 Å². The minimum Gasteiger partial charge on any atom is -0.391 e. The van der Waals surface area contributed by atoms with Crippen molar-refractivity contribution in [3.05, 3.63) is 0 Å². The van der Waals surface area contributed by atoms with Crippen LogP contribution < -0.4 is 0 Å². The Morgan fingerprint density at radius 1 is 0.857 bits per heavy atom. The fourth-order valence-corrected chi connectivity index (χ4v) is 1.20. The van der Waals surface area contributed by atoms with Crippen molar-refractivity contribution in [2.24, 2.45) is 0 Å². The van der Waals surface area contributed by atoms with Crippen molar-refractivity contribution in [2.75, 3.05) is 33.2 Å². The highest BCUT2D eigenvalue weighted by Crippen LogP contribution is 2.00. The Bertz CT molecular complexity index is 113. The number of hydrogen-bond donors (Lipinski definition) is 2. The number of aliphatic hydroxyl groups is 2. The second-order valence-corrected chi connectivity index (χ2v) is 3.38. The van der Waals surface area contributed by atoms with Crippen LogP contribution in [0.1, 0.15) is 12.8 Å². The Labute approximate surface area is 83.6 Å². The first-order valence-corrected chi connectivity index (χ1v) is 4.88. The lowest BCUT2D eigenvalue weighted by atomic mass is 10.2. The van der Waals surface area contributed by atoms with E-state index in [-0.39, 0.29) is 26.6 Å². The van der Waals surface area contributed by atoms with Crippen LogP contribution >= 0.6 is 0 Å². The molecule has 5 heteroatoms. The zero-order chi connectivity index (χ0) is 10.2. The van der Waals surface area contributed by atoms with Gasteiger partial charge in [0.15, 0.2) is 0 Å². The standard InChI is InChI=1S/C9H18O5/c10-8-2-1-3-12-5-9(11)6-14-7-13-4-8/h8-11H,1-7H2. The molecule has 1 rings (SSSR count). The van der Waals surface area contributed by atoms with E-state index in [1.54, 1.807) is 0 Å². The summed E-state index contributed by atoms with van der Waals surface area (Å²) in [5.41, 5.74) is 0. The minimum absolute atomic E-state index is 0.105. The van der Waals surface area contributed by atoms with Crippen molar-refractivity contribution < 1.29 is 24.4 Å². The van der Waals surface area contributed by atoms with E-state index in [0.717, 1.165) is 6.42 Å². The summed E-state index contributed by atoms with van der Waals surface area (Å²) >= 11 is 0. The van der Waals surface area contributed by atoms with Gasteiger partial charge in [-0.1, -0.05) is 0 Å². The van der Waals surface area contributed by atoms with Gasteiger partial charge in [0.1, 0.15) is 12.9 Å². The largest absolute Gasteiger partial charge is 0.391 e. The minimum atomic E-state index is -0.594. The molecule has 1 saturated heterocycles. The maximum absolute atomic E-state index is 9.36. The van der Waals surface area contributed by atoms with Crippen LogP contribution in [0, 0.1) is 0 Å². The maximum atomic E-state index is 9.36. The summed E-state index contributed by atoms with van der Waals surface area (Å²) < 4.78 is 15.2. The van der Waals surface area contributed by atoms with Gasteiger partial charge in [-0.25, -0.2) is 0 Å². The van der Waals surface area contributed by atoms with E-state index < -0.39 is 12.2 Å². The molecule has 0 amide bonds. The molecule has 1 heterocycles. The highest BCUT2D eigenvalue weighted by Gasteiger charge is 2.08. The molecule has 0 bridgehead atoms. The molecule has 1 fully saturated rings. The molecule has 0 aromatic heterocycles. The van der Waals surface area contributed by atoms with E-state index in [1.807, 2.05) is 0 Å². The SMILES string of the molecule is OC1CCCOCC(O)COCOC1. The number of aliphatic hydroxyl groups excluding tert-OH is 2. The van der Waals surface area contributed by atoms with Crippen molar-refractivity contribution in [2.45, 2.75) is 25.0 Å². The summed E-state index contributed by atoms with van der Waals surface area (Å²) in [4.78, 5) is 0. The third-order valence-electron chi connectivity index (χ3n) is 1.92. The van der Waals surface area contributed by atoms with E-state index in [2.05, 4.69) is 0 Å². The van der Waals surface area contributed by atoms with Gasteiger partial charge in [-0.05, 0) is 12.8 Å². The third-order valence-corrected chi connectivity index (χ3v) is 1.92. The number of hydrogen-bond acceptors (Lipinski definition) is 5. The van der Waals surface area contributed by atoms with Crippen LogP contribution in [0.5, 0.6) is 0 Å². The molecule has 0 aliphatic carbocycles. The summed E-state index contributed by atoms with van der Waals surface area (Å²) in [5.74, 6) is 0. The average Bonchev–Trinajstić information content (AvgIpc) is 2.14. The van der Waals surface area contributed by atoms with Gasteiger partial charge >= 0.3 is 0 Å². The van der Waals surface area contributed by atoms with Crippen LogP contribution in [-0.2, 0) is 14.2 Å². The van der Waals surface area contributed by atoms with Gasteiger partial charge in [-0.2, -0.15) is 0 Å². The van der Waals surface area contributed by atoms with Crippen LogP contribution in [0.2, 0.25) is 0 Å².